The van der Waals surface area contributed by atoms with Crippen molar-refractivity contribution in [2.45, 2.75) is 32.6 Å². The summed E-state index contributed by atoms with van der Waals surface area (Å²) in [5.41, 5.74) is 4.63. The molecule has 0 atom stereocenters. The average Bonchev–Trinajstić information content (AvgIpc) is 3.52. The highest BCUT2D eigenvalue weighted by Crippen LogP contribution is 2.22. The van der Waals surface area contributed by atoms with Crippen LogP contribution in [0.15, 0.2) is 47.2 Å². The fourth-order valence-corrected chi connectivity index (χ4v) is 6.30. The summed E-state index contributed by atoms with van der Waals surface area (Å²) in [4.78, 5) is 25.0. The molecule has 0 aliphatic carbocycles. The third-order valence-corrected chi connectivity index (χ3v) is 8.37. The van der Waals surface area contributed by atoms with Crippen LogP contribution in [0.3, 0.4) is 0 Å². The molecule has 182 valence electrons. The number of hydrogen-bond acceptors (Lipinski definition) is 6. The summed E-state index contributed by atoms with van der Waals surface area (Å²) in [7, 11) is 0. The van der Waals surface area contributed by atoms with E-state index in [0.29, 0.717) is 17.8 Å². The molecule has 1 aromatic carbocycles. The van der Waals surface area contributed by atoms with Gasteiger partial charge in [0.25, 0.3) is 5.24 Å². The molecule has 35 heavy (non-hydrogen) atoms. The number of unbranched alkanes of at least 4 members (excludes halogenated alkanes) is 1. The smallest absolute Gasteiger partial charge is 0.345 e. The van der Waals surface area contributed by atoms with Crippen LogP contribution in [0.5, 0.6) is 0 Å². The molecular formula is C27H28N2O3S3. The number of amides is 1. The van der Waals surface area contributed by atoms with Crippen molar-refractivity contribution in [1.29, 1.82) is 0 Å². The van der Waals surface area contributed by atoms with Gasteiger partial charge in [0.05, 0.1) is 0 Å². The first-order valence-electron chi connectivity index (χ1n) is 11.6. The van der Waals surface area contributed by atoms with Crippen LogP contribution in [-0.4, -0.2) is 51.7 Å². The number of hydrazine groups is 1. The molecule has 0 saturated carbocycles. The Labute approximate surface area is 218 Å². The number of carboxylic acids is 1. The van der Waals surface area contributed by atoms with Gasteiger partial charge in [0, 0.05) is 53.2 Å². The summed E-state index contributed by atoms with van der Waals surface area (Å²) in [6.07, 6.45) is 3.69. The Morgan fingerprint density at radius 3 is 2.69 bits per heavy atom. The van der Waals surface area contributed by atoms with Crippen molar-refractivity contribution in [3.05, 3.63) is 79.2 Å². The molecular weight excluding hydrogens is 497 g/mol. The zero-order chi connectivity index (χ0) is 24.6. The molecule has 0 radical (unpaired) electrons. The molecule has 4 rings (SSSR count). The lowest BCUT2D eigenvalue weighted by atomic mass is 10.0. The van der Waals surface area contributed by atoms with E-state index < -0.39 is 5.97 Å². The fourth-order valence-electron chi connectivity index (χ4n) is 4.04. The lowest BCUT2D eigenvalue weighted by molar-refractivity contribution is 0.0270. The van der Waals surface area contributed by atoms with E-state index in [0.717, 1.165) is 54.1 Å². The largest absolute Gasteiger partial charge is 0.477 e. The number of aryl methyl sites for hydroxylation is 2. The Kier molecular flexibility index (Phi) is 9.05. The molecule has 0 unspecified atom stereocenters. The molecule has 2 aromatic heterocycles. The monoisotopic (exact) mass is 524 g/mol. The predicted molar refractivity (Wildman–Crippen MR) is 146 cm³/mol. The molecule has 1 N–H and O–H groups in total. The van der Waals surface area contributed by atoms with Gasteiger partial charge in [-0.25, -0.2) is 9.80 Å². The number of thioether (sulfide) groups is 1. The molecule has 1 fully saturated rings. The van der Waals surface area contributed by atoms with E-state index in [4.69, 9.17) is 5.11 Å². The molecule has 3 aromatic rings. The van der Waals surface area contributed by atoms with Crippen molar-refractivity contribution in [3.8, 4) is 11.8 Å². The van der Waals surface area contributed by atoms with Crippen LogP contribution in [-0.2, 0) is 12.8 Å². The maximum atomic E-state index is 12.6. The molecule has 1 amide bonds. The summed E-state index contributed by atoms with van der Waals surface area (Å²) in [6, 6.07) is 12.1. The lowest BCUT2D eigenvalue weighted by Gasteiger charge is -2.38. The molecule has 3 heterocycles. The average molecular weight is 525 g/mol. The van der Waals surface area contributed by atoms with Crippen molar-refractivity contribution in [3.63, 3.8) is 0 Å². The Morgan fingerprint density at radius 1 is 1.06 bits per heavy atom. The molecule has 1 aliphatic heterocycles. The number of carbonyl (C=O) groups excluding carboxylic acids is 1. The highest BCUT2D eigenvalue weighted by molar-refractivity contribution is 8.13. The zero-order valence-electron chi connectivity index (χ0n) is 19.7. The van der Waals surface area contributed by atoms with Crippen molar-refractivity contribution in [2.75, 3.05) is 25.4 Å². The Bertz CT molecular complexity index is 1220. The van der Waals surface area contributed by atoms with Crippen LogP contribution in [0.25, 0.3) is 0 Å². The van der Waals surface area contributed by atoms with Crippen LogP contribution in [0, 0.1) is 18.8 Å². The van der Waals surface area contributed by atoms with Crippen molar-refractivity contribution >= 4 is 45.6 Å². The number of hydrogen-bond donors (Lipinski definition) is 1. The Morgan fingerprint density at radius 2 is 1.91 bits per heavy atom. The summed E-state index contributed by atoms with van der Waals surface area (Å²) in [6.45, 7) is 4.39. The van der Waals surface area contributed by atoms with E-state index in [1.54, 1.807) is 17.4 Å². The summed E-state index contributed by atoms with van der Waals surface area (Å²) >= 11 is 4.30. The van der Waals surface area contributed by atoms with Gasteiger partial charge in [0.1, 0.15) is 4.88 Å². The lowest BCUT2D eigenvalue weighted by Crippen LogP contribution is -2.50. The highest BCUT2D eigenvalue weighted by atomic mass is 32.2. The maximum Gasteiger partial charge on any atom is 0.345 e. The normalized spacial score (nSPS) is 14.1. The maximum absolute atomic E-state index is 12.6. The van der Waals surface area contributed by atoms with Gasteiger partial charge < -0.3 is 5.11 Å². The van der Waals surface area contributed by atoms with E-state index in [-0.39, 0.29) is 5.24 Å². The number of aromatic carboxylic acids is 1. The molecule has 1 saturated heterocycles. The van der Waals surface area contributed by atoms with Gasteiger partial charge in [-0.1, -0.05) is 29.7 Å². The predicted octanol–water partition coefficient (Wildman–Crippen LogP) is 6.17. The van der Waals surface area contributed by atoms with Crippen molar-refractivity contribution < 1.29 is 14.7 Å². The fraction of sp³-hybridized carbons (Fsp3) is 0.333. The minimum Gasteiger partial charge on any atom is -0.477 e. The van der Waals surface area contributed by atoms with Crippen LogP contribution < -0.4 is 0 Å². The van der Waals surface area contributed by atoms with Gasteiger partial charge >= 0.3 is 5.97 Å². The van der Waals surface area contributed by atoms with Crippen LogP contribution in [0.2, 0.25) is 0 Å². The third kappa shape index (κ3) is 7.45. The van der Waals surface area contributed by atoms with Crippen LogP contribution in [0.1, 0.15) is 49.6 Å². The molecule has 5 nitrogen and oxygen atoms in total. The topological polar surface area (TPSA) is 60.9 Å². The van der Waals surface area contributed by atoms with Crippen molar-refractivity contribution in [1.82, 2.24) is 10.0 Å². The van der Waals surface area contributed by atoms with Gasteiger partial charge in [-0.2, -0.15) is 11.3 Å². The minimum absolute atomic E-state index is 0.0822. The summed E-state index contributed by atoms with van der Waals surface area (Å²) < 4.78 is 0. The van der Waals surface area contributed by atoms with Gasteiger partial charge in [-0.15, -0.1) is 11.3 Å². The second kappa shape index (κ2) is 12.4. The highest BCUT2D eigenvalue weighted by Gasteiger charge is 2.26. The molecule has 0 spiro atoms. The van der Waals surface area contributed by atoms with Gasteiger partial charge in [0.15, 0.2) is 0 Å². The van der Waals surface area contributed by atoms with E-state index >= 15 is 0 Å². The van der Waals surface area contributed by atoms with E-state index in [9.17, 15) is 9.59 Å². The molecule has 0 bridgehead atoms. The second-order valence-corrected chi connectivity index (χ2v) is 11.4. The van der Waals surface area contributed by atoms with Crippen LogP contribution in [0.4, 0.5) is 4.79 Å². The SMILES string of the molecule is Cc1cc(C#Cc2ccsc2)cc(CCCCN2CCSC(=O)N2CCc2ccc(C(=O)O)s2)c1. The number of carbonyl (C=O) groups is 2. The molecule has 8 heteroatoms. The first-order valence-corrected chi connectivity index (χ1v) is 14.4. The second-order valence-electron chi connectivity index (χ2n) is 8.44. The standard InChI is InChI=1S/C27H28N2O3S3/c1-20-16-22(18-23(17-20)6-5-21-10-14-33-19-21)4-2-3-11-28-13-15-34-27(32)29(28)12-9-24-7-8-25(35-24)26(30)31/h7-8,10,14,16-19H,2-4,9,11-13,15H2,1H3,(H,30,31). The van der Waals surface area contributed by atoms with E-state index in [1.807, 2.05) is 22.5 Å². The first-order chi connectivity index (χ1) is 17.0. The quantitative estimate of drug-likeness (QED) is 0.268. The van der Waals surface area contributed by atoms with Gasteiger partial charge in [-0.3, -0.25) is 9.80 Å². The van der Waals surface area contributed by atoms with E-state index in [2.05, 4.69) is 47.4 Å². The summed E-state index contributed by atoms with van der Waals surface area (Å²) in [5.74, 6) is 6.42. The van der Waals surface area contributed by atoms with E-state index in [1.165, 1.54) is 34.2 Å². The first kappa shape index (κ1) is 25.5. The number of benzene rings is 1. The third-order valence-electron chi connectivity index (χ3n) is 5.71. The minimum atomic E-state index is -0.900. The Hall–Kier alpha value is -2.57. The number of thiophene rings is 2. The molecule has 1 aliphatic rings. The Balaban J connectivity index is 1.28. The van der Waals surface area contributed by atoms with Crippen LogP contribution >= 0.6 is 34.4 Å². The summed E-state index contributed by atoms with van der Waals surface area (Å²) in [5, 5.41) is 17.3. The van der Waals surface area contributed by atoms with Gasteiger partial charge in [-0.05, 0) is 73.0 Å². The zero-order valence-corrected chi connectivity index (χ0v) is 22.1. The number of carboxylic acid groups (broad SMARTS) is 1. The van der Waals surface area contributed by atoms with Crippen molar-refractivity contribution in [2.24, 2.45) is 0 Å². The number of rotatable bonds is 9. The van der Waals surface area contributed by atoms with Gasteiger partial charge in [0.2, 0.25) is 0 Å². The number of nitrogens with zero attached hydrogens (tertiary/aromatic N) is 2.